The predicted molar refractivity (Wildman–Crippen MR) is 75.4 cm³/mol. The number of benzene rings is 1. The van der Waals surface area contributed by atoms with Gasteiger partial charge in [-0.15, -0.1) is 12.4 Å². The molecule has 0 aliphatic heterocycles. The molecule has 4 N–H and O–H groups in total. The Kier molecular flexibility index (Phi) is 7.18. The van der Waals surface area contributed by atoms with Gasteiger partial charge >= 0.3 is 5.97 Å². The zero-order valence-electron chi connectivity index (χ0n) is 10.0. The number of aromatic nitrogens is 2. The van der Waals surface area contributed by atoms with Gasteiger partial charge in [-0.3, -0.25) is 0 Å². The Morgan fingerprint density at radius 1 is 1.32 bits per heavy atom. The lowest BCUT2D eigenvalue weighted by Crippen LogP contribution is -1.90. The van der Waals surface area contributed by atoms with Crippen LogP contribution < -0.4 is 0 Å². The molecule has 19 heavy (non-hydrogen) atoms. The second-order valence-corrected chi connectivity index (χ2v) is 3.63. The maximum absolute atomic E-state index is 10.4. The Balaban J connectivity index is 0.00000162. The SMILES string of the molecule is Cl.O.O=C(O)C=Cc1ccc(Cc2ncc[nH]2)cc1. The van der Waals surface area contributed by atoms with Gasteiger partial charge in [-0.05, 0) is 17.2 Å². The Bertz CT molecular complexity index is 521. The minimum atomic E-state index is -0.940. The molecule has 0 atom stereocenters. The molecule has 102 valence electrons. The highest BCUT2D eigenvalue weighted by molar-refractivity contribution is 5.85. The number of aromatic amines is 1. The topological polar surface area (TPSA) is 97.5 Å². The maximum Gasteiger partial charge on any atom is 0.328 e. The number of hydrogen-bond donors (Lipinski definition) is 2. The summed E-state index contributed by atoms with van der Waals surface area (Å²) >= 11 is 0. The number of carboxylic acids is 1. The van der Waals surface area contributed by atoms with Crippen LogP contribution in [0.1, 0.15) is 17.0 Å². The number of carbonyl (C=O) groups is 1. The number of halogens is 1. The average molecular weight is 283 g/mol. The largest absolute Gasteiger partial charge is 0.478 e. The lowest BCUT2D eigenvalue weighted by molar-refractivity contribution is -0.131. The van der Waals surface area contributed by atoms with Crippen LogP contribution in [0.25, 0.3) is 6.08 Å². The van der Waals surface area contributed by atoms with Crippen molar-refractivity contribution in [3.05, 3.63) is 59.7 Å². The van der Waals surface area contributed by atoms with Gasteiger partial charge in [0.25, 0.3) is 0 Å². The van der Waals surface area contributed by atoms with Crippen molar-refractivity contribution in [3.63, 3.8) is 0 Å². The van der Waals surface area contributed by atoms with Crippen LogP contribution >= 0.6 is 12.4 Å². The van der Waals surface area contributed by atoms with Crippen molar-refractivity contribution in [1.82, 2.24) is 9.97 Å². The van der Waals surface area contributed by atoms with E-state index >= 15 is 0 Å². The summed E-state index contributed by atoms with van der Waals surface area (Å²) in [7, 11) is 0. The number of hydrogen-bond acceptors (Lipinski definition) is 2. The van der Waals surface area contributed by atoms with E-state index in [0.717, 1.165) is 29.4 Å². The van der Waals surface area contributed by atoms with Crippen molar-refractivity contribution in [2.75, 3.05) is 0 Å². The fourth-order valence-corrected chi connectivity index (χ4v) is 1.50. The maximum atomic E-state index is 10.4. The lowest BCUT2D eigenvalue weighted by Gasteiger charge is -1.99. The van der Waals surface area contributed by atoms with Crippen molar-refractivity contribution in [2.45, 2.75) is 6.42 Å². The molecule has 5 nitrogen and oxygen atoms in total. The van der Waals surface area contributed by atoms with Gasteiger partial charge in [0.2, 0.25) is 0 Å². The van der Waals surface area contributed by atoms with E-state index in [1.165, 1.54) is 0 Å². The minimum absolute atomic E-state index is 0. The van der Waals surface area contributed by atoms with Crippen LogP contribution in [0.15, 0.2) is 42.7 Å². The van der Waals surface area contributed by atoms with Crippen LogP contribution in [0.4, 0.5) is 0 Å². The van der Waals surface area contributed by atoms with E-state index in [-0.39, 0.29) is 17.9 Å². The number of aliphatic carboxylic acids is 1. The first-order valence-corrected chi connectivity index (χ1v) is 5.22. The molecule has 0 aliphatic rings. The molecule has 0 saturated heterocycles. The minimum Gasteiger partial charge on any atom is -0.478 e. The van der Waals surface area contributed by atoms with Crippen molar-refractivity contribution >= 4 is 24.5 Å². The number of nitrogens with one attached hydrogen (secondary N) is 1. The summed E-state index contributed by atoms with van der Waals surface area (Å²) in [5.41, 5.74) is 2.00. The molecule has 0 bridgehead atoms. The van der Waals surface area contributed by atoms with Crippen LogP contribution in [-0.2, 0) is 11.2 Å². The normalized spacial score (nSPS) is 9.68. The molecule has 0 radical (unpaired) electrons. The molecule has 0 amide bonds. The van der Waals surface area contributed by atoms with Crippen molar-refractivity contribution in [2.24, 2.45) is 0 Å². The molecular weight excluding hydrogens is 268 g/mol. The highest BCUT2D eigenvalue weighted by Gasteiger charge is 1.97. The predicted octanol–water partition coefficient (Wildman–Crippen LogP) is 1.70. The van der Waals surface area contributed by atoms with E-state index in [1.54, 1.807) is 18.5 Å². The molecule has 1 heterocycles. The van der Waals surface area contributed by atoms with E-state index in [1.807, 2.05) is 24.3 Å². The molecule has 2 aromatic rings. The summed E-state index contributed by atoms with van der Waals surface area (Å²) in [6.07, 6.45) is 6.95. The summed E-state index contributed by atoms with van der Waals surface area (Å²) in [6, 6.07) is 7.70. The Morgan fingerprint density at radius 3 is 2.53 bits per heavy atom. The van der Waals surface area contributed by atoms with Crippen LogP contribution in [0.3, 0.4) is 0 Å². The average Bonchev–Trinajstić information content (AvgIpc) is 2.81. The summed E-state index contributed by atoms with van der Waals surface area (Å²) in [4.78, 5) is 17.5. The third-order valence-electron chi connectivity index (χ3n) is 2.32. The zero-order chi connectivity index (χ0) is 12.1. The molecule has 0 unspecified atom stereocenters. The van der Waals surface area contributed by atoms with Gasteiger partial charge < -0.3 is 15.6 Å². The Labute approximate surface area is 116 Å². The fraction of sp³-hybridized carbons (Fsp3) is 0.0769. The summed E-state index contributed by atoms with van der Waals surface area (Å²) < 4.78 is 0. The van der Waals surface area contributed by atoms with E-state index in [0.29, 0.717) is 0 Å². The smallest absolute Gasteiger partial charge is 0.328 e. The number of carboxylic acid groups (broad SMARTS) is 1. The lowest BCUT2D eigenvalue weighted by atomic mass is 10.1. The molecule has 1 aromatic heterocycles. The van der Waals surface area contributed by atoms with Gasteiger partial charge in [0.1, 0.15) is 5.82 Å². The summed E-state index contributed by atoms with van der Waals surface area (Å²) in [5.74, 6) is -0.0245. The van der Waals surface area contributed by atoms with Crippen LogP contribution in [0.2, 0.25) is 0 Å². The number of rotatable bonds is 4. The zero-order valence-corrected chi connectivity index (χ0v) is 10.9. The number of nitrogens with zero attached hydrogens (tertiary/aromatic N) is 1. The summed E-state index contributed by atoms with van der Waals surface area (Å²) in [5, 5.41) is 8.50. The molecular formula is C13H15ClN2O3. The van der Waals surface area contributed by atoms with E-state index in [2.05, 4.69) is 9.97 Å². The highest BCUT2D eigenvalue weighted by atomic mass is 35.5. The third kappa shape index (κ3) is 5.37. The third-order valence-corrected chi connectivity index (χ3v) is 2.32. The molecule has 0 fully saturated rings. The van der Waals surface area contributed by atoms with Gasteiger partial charge in [-0.1, -0.05) is 24.3 Å². The standard InChI is InChI=1S/C13H12N2O2.ClH.H2O/c16-13(17)6-5-10-1-3-11(4-2-10)9-12-14-7-8-15-12;;/h1-8H,9H2,(H,14,15)(H,16,17);1H;1H2. The molecule has 6 heteroatoms. The molecule has 0 aliphatic carbocycles. The first-order chi connectivity index (χ1) is 8.24. The van der Waals surface area contributed by atoms with E-state index in [9.17, 15) is 4.79 Å². The van der Waals surface area contributed by atoms with E-state index < -0.39 is 5.97 Å². The Morgan fingerprint density at radius 2 is 2.00 bits per heavy atom. The molecule has 2 rings (SSSR count). The first-order valence-electron chi connectivity index (χ1n) is 5.22. The monoisotopic (exact) mass is 282 g/mol. The second kappa shape index (κ2) is 8.07. The number of H-pyrrole nitrogens is 1. The van der Waals surface area contributed by atoms with Crippen molar-refractivity contribution in [3.8, 4) is 0 Å². The van der Waals surface area contributed by atoms with Crippen molar-refractivity contribution in [1.29, 1.82) is 0 Å². The van der Waals surface area contributed by atoms with Crippen molar-refractivity contribution < 1.29 is 15.4 Å². The second-order valence-electron chi connectivity index (χ2n) is 3.63. The van der Waals surface area contributed by atoms with Gasteiger partial charge in [-0.25, -0.2) is 9.78 Å². The first kappa shape index (κ1) is 16.9. The fourth-order valence-electron chi connectivity index (χ4n) is 1.50. The molecule has 1 aromatic carbocycles. The molecule has 0 saturated carbocycles. The summed E-state index contributed by atoms with van der Waals surface area (Å²) in [6.45, 7) is 0. The quantitative estimate of drug-likeness (QED) is 0.835. The molecule has 0 spiro atoms. The Hall–Kier alpha value is -2.11. The van der Waals surface area contributed by atoms with Crippen LogP contribution in [0.5, 0.6) is 0 Å². The van der Waals surface area contributed by atoms with Crippen LogP contribution in [-0.4, -0.2) is 26.5 Å². The highest BCUT2D eigenvalue weighted by Crippen LogP contribution is 2.09. The van der Waals surface area contributed by atoms with Gasteiger partial charge in [0, 0.05) is 24.9 Å². The van der Waals surface area contributed by atoms with Gasteiger partial charge in [0.15, 0.2) is 0 Å². The van der Waals surface area contributed by atoms with Crippen LogP contribution in [0, 0.1) is 0 Å². The van der Waals surface area contributed by atoms with E-state index in [4.69, 9.17) is 5.11 Å². The van der Waals surface area contributed by atoms with Gasteiger partial charge in [0.05, 0.1) is 0 Å². The number of imidazole rings is 1. The van der Waals surface area contributed by atoms with Gasteiger partial charge in [-0.2, -0.15) is 0 Å².